The lowest BCUT2D eigenvalue weighted by molar-refractivity contribution is 0.253. The van der Waals surface area contributed by atoms with Crippen LogP contribution < -0.4 is 15.8 Å². The van der Waals surface area contributed by atoms with Gasteiger partial charge in [-0.3, -0.25) is 0 Å². The number of carbonyl (C=O) groups is 1. The standard InChI is InChI=1S/C9H11N3O3S/c10-9(13)12-16(14,15)7-2-1-6-3-4-11-8(6)5-7/h1-2,5,11H,3-4H2,(H3,10,12,13). The quantitative estimate of drug-likeness (QED) is 0.679. The van der Waals surface area contributed by atoms with Crippen molar-refractivity contribution in [1.29, 1.82) is 0 Å². The van der Waals surface area contributed by atoms with Gasteiger partial charge in [0, 0.05) is 12.2 Å². The molecule has 0 unspecified atom stereocenters. The number of rotatable bonds is 2. The minimum Gasteiger partial charge on any atom is -0.384 e. The Morgan fingerprint density at radius 3 is 2.88 bits per heavy atom. The van der Waals surface area contributed by atoms with Crippen LogP contribution in [-0.4, -0.2) is 21.0 Å². The van der Waals surface area contributed by atoms with Crippen molar-refractivity contribution in [2.45, 2.75) is 11.3 Å². The van der Waals surface area contributed by atoms with E-state index >= 15 is 0 Å². The fraction of sp³-hybridized carbons (Fsp3) is 0.222. The molecule has 1 aliphatic heterocycles. The number of amides is 2. The largest absolute Gasteiger partial charge is 0.384 e. The Kier molecular flexibility index (Phi) is 2.47. The third-order valence-electron chi connectivity index (χ3n) is 2.34. The first kappa shape index (κ1) is 10.7. The Bertz CT molecular complexity index is 539. The first-order valence-electron chi connectivity index (χ1n) is 4.68. The third kappa shape index (κ3) is 1.94. The van der Waals surface area contributed by atoms with Crippen molar-refractivity contribution >= 4 is 21.7 Å². The monoisotopic (exact) mass is 241 g/mol. The van der Waals surface area contributed by atoms with E-state index in [4.69, 9.17) is 5.73 Å². The molecule has 1 aliphatic rings. The molecule has 2 amide bonds. The van der Waals surface area contributed by atoms with Crippen molar-refractivity contribution in [2.24, 2.45) is 5.73 Å². The molecule has 0 fully saturated rings. The zero-order valence-electron chi connectivity index (χ0n) is 8.36. The lowest BCUT2D eigenvalue weighted by Gasteiger charge is -2.06. The topological polar surface area (TPSA) is 101 Å². The predicted molar refractivity (Wildman–Crippen MR) is 58.5 cm³/mol. The van der Waals surface area contributed by atoms with Gasteiger partial charge < -0.3 is 11.1 Å². The molecule has 1 aromatic rings. The van der Waals surface area contributed by atoms with Crippen molar-refractivity contribution in [1.82, 2.24) is 4.72 Å². The van der Waals surface area contributed by atoms with Crippen LogP contribution in [0.5, 0.6) is 0 Å². The molecular formula is C9H11N3O3S. The number of sulfonamides is 1. The molecule has 1 heterocycles. The van der Waals surface area contributed by atoms with E-state index in [2.05, 4.69) is 5.32 Å². The van der Waals surface area contributed by atoms with Crippen LogP contribution in [0.15, 0.2) is 23.1 Å². The number of urea groups is 1. The summed E-state index contributed by atoms with van der Waals surface area (Å²) in [5.74, 6) is 0. The van der Waals surface area contributed by atoms with Gasteiger partial charge in [0.1, 0.15) is 0 Å². The van der Waals surface area contributed by atoms with Gasteiger partial charge in [-0.2, -0.15) is 0 Å². The van der Waals surface area contributed by atoms with Crippen molar-refractivity contribution in [3.8, 4) is 0 Å². The average molecular weight is 241 g/mol. The molecule has 0 radical (unpaired) electrons. The minimum atomic E-state index is -3.85. The molecule has 86 valence electrons. The summed E-state index contributed by atoms with van der Waals surface area (Å²) in [4.78, 5) is 10.6. The highest BCUT2D eigenvalue weighted by atomic mass is 32.2. The normalized spacial score (nSPS) is 14.0. The Hall–Kier alpha value is -1.76. The van der Waals surface area contributed by atoms with Crippen molar-refractivity contribution < 1.29 is 13.2 Å². The molecule has 0 spiro atoms. The van der Waals surface area contributed by atoms with E-state index in [1.807, 2.05) is 0 Å². The first-order valence-corrected chi connectivity index (χ1v) is 6.16. The molecule has 0 aliphatic carbocycles. The zero-order chi connectivity index (χ0) is 11.8. The molecule has 0 saturated carbocycles. The average Bonchev–Trinajstić information content (AvgIpc) is 2.61. The number of fused-ring (bicyclic) bond motifs is 1. The highest BCUT2D eigenvalue weighted by Gasteiger charge is 2.19. The van der Waals surface area contributed by atoms with Gasteiger partial charge in [-0.05, 0) is 24.1 Å². The van der Waals surface area contributed by atoms with Gasteiger partial charge in [0.15, 0.2) is 0 Å². The van der Waals surface area contributed by atoms with Crippen LogP contribution in [0.1, 0.15) is 5.56 Å². The Morgan fingerprint density at radius 2 is 2.19 bits per heavy atom. The Morgan fingerprint density at radius 1 is 1.44 bits per heavy atom. The molecule has 0 atom stereocenters. The summed E-state index contributed by atoms with van der Waals surface area (Å²) < 4.78 is 24.9. The summed E-state index contributed by atoms with van der Waals surface area (Å²) in [5, 5.41) is 3.06. The number of hydrogen-bond acceptors (Lipinski definition) is 4. The molecule has 1 aromatic carbocycles. The molecular weight excluding hydrogens is 230 g/mol. The van der Waals surface area contributed by atoms with Crippen LogP contribution >= 0.6 is 0 Å². The van der Waals surface area contributed by atoms with Gasteiger partial charge >= 0.3 is 6.03 Å². The summed E-state index contributed by atoms with van der Waals surface area (Å²) in [7, 11) is -3.85. The van der Waals surface area contributed by atoms with E-state index in [0.717, 1.165) is 24.2 Å². The number of nitrogens with one attached hydrogen (secondary N) is 2. The number of benzene rings is 1. The summed E-state index contributed by atoms with van der Waals surface area (Å²) >= 11 is 0. The third-order valence-corrected chi connectivity index (χ3v) is 3.68. The fourth-order valence-electron chi connectivity index (χ4n) is 1.63. The van der Waals surface area contributed by atoms with E-state index in [0.29, 0.717) is 0 Å². The van der Waals surface area contributed by atoms with E-state index in [1.54, 1.807) is 10.8 Å². The van der Waals surface area contributed by atoms with Crippen LogP contribution in [-0.2, 0) is 16.4 Å². The second kappa shape index (κ2) is 3.67. The maximum atomic E-state index is 11.6. The SMILES string of the molecule is NC(=O)NS(=O)(=O)c1ccc2c(c1)NCC2. The second-order valence-corrected chi connectivity index (χ2v) is 5.15. The summed E-state index contributed by atoms with van der Waals surface area (Å²) in [6.45, 7) is 0.794. The summed E-state index contributed by atoms with van der Waals surface area (Å²) in [6.07, 6.45) is 0.874. The molecule has 0 aromatic heterocycles. The number of carbonyl (C=O) groups excluding carboxylic acids is 1. The molecule has 2 rings (SSSR count). The Balaban J connectivity index is 2.38. The van der Waals surface area contributed by atoms with E-state index in [-0.39, 0.29) is 4.90 Å². The van der Waals surface area contributed by atoms with Crippen LogP contribution in [0.3, 0.4) is 0 Å². The molecule has 7 heteroatoms. The summed E-state index contributed by atoms with van der Waals surface area (Å²) in [5.41, 5.74) is 6.64. The van der Waals surface area contributed by atoms with Gasteiger partial charge in [0.25, 0.3) is 10.0 Å². The number of hydrogen-bond donors (Lipinski definition) is 3. The van der Waals surface area contributed by atoms with Crippen molar-refractivity contribution in [2.75, 3.05) is 11.9 Å². The second-order valence-electron chi connectivity index (χ2n) is 3.47. The molecule has 6 nitrogen and oxygen atoms in total. The summed E-state index contributed by atoms with van der Waals surface area (Å²) in [6, 6.07) is 3.59. The predicted octanol–water partition coefficient (Wildman–Crippen LogP) is 0.0116. The lowest BCUT2D eigenvalue weighted by Crippen LogP contribution is -2.34. The van der Waals surface area contributed by atoms with Crippen molar-refractivity contribution in [3.05, 3.63) is 23.8 Å². The van der Waals surface area contributed by atoms with Crippen LogP contribution in [0, 0.1) is 0 Å². The highest BCUT2D eigenvalue weighted by molar-refractivity contribution is 7.90. The van der Waals surface area contributed by atoms with Gasteiger partial charge in [-0.1, -0.05) is 6.07 Å². The highest BCUT2D eigenvalue weighted by Crippen LogP contribution is 2.25. The first-order chi connectivity index (χ1) is 7.49. The molecule has 0 bridgehead atoms. The maximum absolute atomic E-state index is 11.6. The Labute approximate surface area is 92.9 Å². The van der Waals surface area contributed by atoms with Gasteiger partial charge in [-0.15, -0.1) is 0 Å². The maximum Gasteiger partial charge on any atom is 0.326 e. The smallest absolute Gasteiger partial charge is 0.326 e. The van der Waals surface area contributed by atoms with Crippen molar-refractivity contribution in [3.63, 3.8) is 0 Å². The molecule has 16 heavy (non-hydrogen) atoms. The minimum absolute atomic E-state index is 0.0273. The van der Waals surface area contributed by atoms with E-state index < -0.39 is 16.1 Å². The van der Waals surface area contributed by atoms with Crippen LogP contribution in [0.25, 0.3) is 0 Å². The molecule has 4 N–H and O–H groups in total. The number of primary amides is 1. The number of anilines is 1. The lowest BCUT2D eigenvalue weighted by atomic mass is 10.2. The van der Waals surface area contributed by atoms with Gasteiger partial charge in [0.05, 0.1) is 4.90 Å². The zero-order valence-corrected chi connectivity index (χ0v) is 9.17. The van der Waals surface area contributed by atoms with Gasteiger partial charge in [-0.25, -0.2) is 17.9 Å². The van der Waals surface area contributed by atoms with E-state index in [1.165, 1.54) is 12.1 Å². The molecule has 0 saturated heterocycles. The van der Waals surface area contributed by atoms with Crippen LogP contribution in [0.2, 0.25) is 0 Å². The van der Waals surface area contributed by atoms with Gasteiger partial charge in [0.2, 0.25) is 0 Å². The fourth-order valence-corrected chi connectivity index (χ4v) is 2.53. The number of nitrogens with two attached hydrogens (primary N) is 1. The van der Waals surface area contributed by atoms with Crippen LogP contribution in [0.4, 0.5) is 10.5 Å². The van der Waals surface area contributed by atoms with E-state index in [9.17, 15) is 13.2 Å².